The van der Waals surface area contributed by atoms with E-state index in [1.165, 1.54) is 4.31 Å². The molecule has 154 valence electrons. The highest BCUT2D eigenvalue weighted by molar-refractivity contribution is 7.93. The smallest absolute Gasteiger partial charge is 0.265 e. The number of hydrogen-bond donors (Lipinski definition) is 1. The monoisotopic (exact) mass is 420 g/mol. The molecule has 1 aliphatic heterocycles. The molecule has 0 radical (unpaired) electrons. The summed E-state index contributed by atoms with van der Waals surface area (Å²) < 4.78 is 28.0. The normalized spacial score (nSPS) is 14.0. The van der Waals surface area contributed by atoms with E-state index in [2.05, 4.69) is 12.2 Å². The van der Waals surface area contributed by atoms with Gasteiger partial charge in [-0.25, -0.2) is 8.42 Å². The zero-order valence-corrected chi connectivity index (χ0v) is 17.9. The number of nitrogens with zero attached hydrogens (tertiary/aromatic N) is 1. The standard InChI is InChI=1S/C24H24N2O3S/c1-3-17-13-14-22-20(15-17)19-10-6-8-12-23(19)30(28,29)26(22)16-24(27)25-21-11-7-5-9-18(21)4-2/h5-15H,3-4,16H2,1-2H3,(H,25,27). The summed E-state index contributed by atoms with van der Waals surface area (Å²) in [5.74, 6) is -0.371. The molecule has 0 saturated heterocycles. The number of sulfonamides is 1. The van der Waals surface area contributed by atoms with Crippen LogP contribution in [-0.4, -0.2) is 20.9 Å². The molecule has 0 aromatic heterocycles. The molecular weight excluding hydrogens is 396 g/mol. The number of nitrogens with one attached hydrogen (secondary N) is 1. The highest BCUT2D eigenvalue weighted by Gasteiger charge is 2.35. The van der Waals surface area contributed by atoms with Crippen molar-refractivity contribution < 1.29 is 13.2 Å². The molecule has 0 aliphatic carbocycles. The van der Waals surface area contributed by atoms with Crippen LogP contribution in [0.4, 0.5) is 11.4 Å². The Bertz CT molecular complexity index is 1220. The first-order valence-corrected chi connectivity index (χ1v) is 11.5. The van der Waals surface area contributed by atoms with Gasteiger partial charge in [-0.05, 0) is 48.2 Å². The lowest BCUT2D eigenvalue weighted by atomic mass is 9.99. The van der Waals surface area contributed by atoms with Crippen LogP contribution in [0.1, 0.15) is 25.0 Å². The number of carbonyl (C=O) groups excluding carboxylic acids is 1. The number of fused-ring (bicyclic) bond motifs is 3. The fraction of sp³-hybridized carbons (Fsp3) is 0.208. The van der Waals surface area contributed by atoms with Gasteiger partial charge in [-0.2, -0.15) is 0 Å². The van der Waals surface area contributed by atoms with Crippen LogP contribution in [0.3, 0.4) is 0 Å². The van der Waals surface area contributed by atoms with Crippen LogP contribution in [0.15, 0.2) is 71.6 Å². The number of carbonyl (C=O) groups is 1. The van der Waals surface area contributed by atoms with Gasteiger partial charge in [0.2, 0.25) is 5.91 Å². The molecule has 0 unspecified atom stereocenters. The van der Waals surface area contributed by atoms with Crippen molar-refractivity contribution in [3.8, 4) is 11.1 Å². The Morgan fingerprint density at radius 1 is 0.900 bits per heavy atom. The van der Waals surface area contributed by atoms with Gasteiger partial charge in [-0.1, -0.05) is 56.3 Å². The second-order valence-corrected chi connectivity index (χ2v) is 9.10. The Morgan fingerprint density at radius 3 is 2.40 bits per heavy atom. The molecule has 3 aromatic carbocycles. The van der Waals surface area contributed by atoms with E-state index in [0.29, 0.717) is 16.9 Å². The molecule has 1 amide bonds. The molecule has 1 aliphatic rings. The summed E-state index contributed by atoms with van der Waals surface area (Å²) in [4.78, 5) is 13.1. The number of amides is 1. The van der Waals surface area contributed by atoms with Crippen molar-refractivity contribution in [1.82, 2.24) is 0 Å². The number of aryl methyl sites for hydroxylation is 2. The van der Waals surface area contributed by atoms with E-state index in [4.69, 9.17) is 0 Å². The Labute approximate surface area is 177 Å². The number of benzene rings is 3. The molecule has 0 fully saturated rings. The highest BCUT2D eigenvalue weighted by atomic mass is 32.2. The van der Waals surface area contributed by atoms with Crippen molar-refractivity contribution in [3.63, 3.8) is 0 Å². The predicted molar refractivity (Wildman–Crippen MR) is 120 cm³/mol. The minimum Gasteiger partial charge on any atom is -0.324 e. The summed E-state index contributed by atoms with van der Waals surface area (Å²) in [5.41, 5.74) is 4.87. The number of anilines is 2. The zero-order chi connectivity index (χ0) is 21.3. The van der Waals surface area contributed by atoms with Crippen molar-refractivity contribution in [2.75, 3.05) is 16.2 Å². The fourth-order valence-electron chi connectivity index (χ4n) is 3.84. The first-order valence-electron chi connectivity index (χ1n) is 10.1. The highest BCUT2D eigenvalue weighted by Crippen LogP contribution is 2.43. The molecule has 0 spiro atoms. The fourth-order valence-corrected chi connectivity index (χ4v) is 5.49. The van der Waals surface area contributed by atoms with Gasteiger partial charge in [0.25, 0.3) is 10.0 Å². The van der Waals surface area contributed by atoms with E-state index < -0.39 is 10.0 Å². The summed E-state index contributed by atoms with van der Waals surface area (Å²) in [7, 11) is -3.85. The summed E-state index contributed by atoms with van der Waals surface area (Å²) in [6, 6.07) is 20.2. The van der Waals surface area contributed by atoms with Crippen molar-refractivity contribution in [3.05, 3.63) is 77.9 Å². The first-order chi connectivity index (χ1) is 14.5. The molecule has 6 heteroatoms. The Morgan fingerprint density at radius 2 is 1.63 bits per heavy atom. The van der Waals surface area contributed by atoms with Crippen molar-refractivity contribution in [1.29, 1.82) is 0 Å². The molecule has 1 N–H and O–H groups in total. The minimum atomic E-state index is -3.85. The lowest BCUT2D eigenvalue weighted by Crippen LogP contribution is -2.40. The summed E-state index contributed by atoms with van der Waals surface area (Å²) in [6.07, 6.45) is 1.62. The Balaban J connectivity index is 1.74. The molecule has 4 rings (SSSR count). The summed E-state index contributed by atoms with van der Waals surface area (Å²) in [6.45, 7) is 3.79. The van der Waals surface area contributed by atoms with Gasteiger partial charge in [0, 0.05) is 16.8 Å². The second-order valence-electron chi connectivity index (χ2n) is 7.27. The van der Waals surface area contributed by atoms with E-state index >= 15 is 0 Å². The van der Waals surface area contributed by atoms with Crippen LogP contribution < -0.4 is 9.62 Å². The average molecular weight is 421 g/mol. The predicted octanol–water partition coefficient (Wildman–Crippen LogP) is 4.63. The Hall–Kier alpha value is -3.12. The van der Waals surface area contributed by atoms with Crippen molar-refractivity contribution in [2.24, 2.45) is 0 Å². The lowest BCUT2D eigenvalue weighted by molar-refractivity contribution is -0.114. The molecular formula is C24H24N2O3S. The molecule has 0 atom stereocenters. The van der Waals surface area contributed by atoms with Gasteiger partial charge in [0.1, 0.15) is 6.54 Å². The number of rotatable bonds is 5. The maximum absolute atomic E-state index is 13.4. The van der Waals surface area contributed by atoms with Gasteiger partial charge < -0.3 is 5.32 Å². The maximum atomic E-state index is 13.4. The van der Waals surface area contributed by atoms with E-state index in [1.54, 1.807) is 18.2 Å². The lowest BCUT2D eigenvalue weighted by Gasteiger charge is -2.32. The average Bonchev–Trinajstić information content (AvgIpc) is 2.77. The molecule has 1 heterocycles. The maximum Gasteiger partial charge on any atom is 0.265 e. The summed E-state index contributed by atoms with van der Waals surface area (Å²) >= 11 is 0. The van der Waals surface area contributed by atoms with E-state index in [9.17, 15) is 13.2 Å². The van der Waals surface area contributed by atoms with Gasteiger partial charge in [-0.15, -0.1) is 0 Å². The summed E-state index contributed by atoms with van der Waals surface area (Å²) in [5, 5.41) is 2.88. The Kier molecular flexibility index (Phi) is 5.35. The van der Waals surface area contributed by atoms with Gasteiger partial charge in [0.15, 0.2) is 0 Å². The number of para-hydroxylation sites is 1. The van der Waals surface area contributed by atoms with Crippen molar-refractivity contribution >= 4 is 27.3 Å². The zero-order valence-electron chi connectivity index (χ0n) is 17.1. The molecule has 30 heavy (non-hydrogen) atoms. The third kappa shape index (κ3) is 3.48. The third-order valence-corrected chi connectivity index (χ3v) is 7.26. The van der Waals surface area contributed by atoms with Gasteiger partial charge in [-0.3, -0.25) is 9.10 Å². The molecule has 5 nitrogen and oxygen atoms in total. The molecule has 0 bridgehead atoms. The van der Waals surface area contributed by atoms with E-state index in [-0.39, 0.29) is 17.3 Å². The molecule has 0 saturated carbocycles. The third-order valence-electron chi connectivity index (χ3n) is 5.44. The van der Waals surface area contributed by atoms with Crippen LogP contribution in [0.2, 0.25) is 0 Å². The first kappa shape index (κ1) is 20.2. The topological polar surface area (TPSA) is 66.5 Å². The van der Waals surface area contributed by atoms with Crippen LogP contribution in [0.5, 0.6) is 0 Å². The quantitative estimate of drug-likeness (QED) is 0.655. The largest absolute Gasteiger partial charge is 0.324 e. The van der Waals surface area contributed by atoms with Crippen LogP contribution in [0.25, 0.3) is 11.1 Å². The van der Waals surface area contributed by atoms with E-state index in [0.717, 1.165) is 29.5 Å². The van der Waals surface area contributed by atoms with Gasteiger partial charge >= 0.3 is 0 Å². The minimum absolute atomic E-state index is 0.229. The van der Waals surface area contributed by atoms with Crippen LogP contribution in [-0.2, 0) is 27.7 Å². The SMILES string of the molecule is CCc1ccc2c(c1)-c1ccccc1S(=O)(=O)N2CC(=O)Nc1ccccc1CC. The van der Waals surface area contributed by atoms with Crippen molar-refractivity contribution in [2.45, 2.75) is 31.6 Å². The number of hydrogen-bond acceptors (Lipinski definition) is 3. The second kappa shape index (κ2) is 7.95. The van der Waals surface area contributed by atoms with Crippen LogP contribution >= 0.6 is 0 Å². The van der Waals surface area contributed by atoms with E-state index in [1.807, 2.05) is 55.5 Å². The van der Waals surface area contributed by atoms with Gasteiger partial charge in [0.05, 0.1) is 10.6 Å². The van der Waals surface area contributed by atoms with Crippen LogP contribution in [0, 0.1) is 0 Å². The molecule has 3 aromatic rings.